The second-order valence-corrected chi connectivity index (χ2v) is 9.40. The van der Waals surface area contributed by atoms with Gasteiger partial charge in [0.2, 0.25) is 5.91 Å². The van der Waals surface area contributed by atoms with E-state index in [2.05, 4.69) is 30.5 Å². The number of hydrogen-bond donors (Lipinski definition) is 3. The number of benzene rings is 2. The molecule has 1 amide bonds. The van der Waals surface area contributed by atoms with Gasteiger partial charge in [-0.15, -0.1) is 0 Å². The number of likely N-dealkylation sites (N-methyl/N-ethyl adjacent to an activating group) is 1. The van der Waals surface area contributed by atoms with Crippen molar-refractivity contribution in [2.75, 3.05) is 26.0 Å². The predicted molar refractivity (Wildman–Crippen MR) is 147 cm³/mol. The van der Waals surface area contributed by atoms with E-state index in [0.29, 0.717) is 11.3 Å². The van der Waals surface area contributed by atoms with E-state index >= 15 is 0 Å². The lowest BCUT2D eigenvalue weighted by molar-refractivity contribution is -0.116. The fourth-order valence-electron chi connectivity index (χ4n) is 4.61. The molecular formula is C29H24FN7O. The number of nitrogens with zero attached hydrogens (tertiary/aromatic N) is 4. The van der Waals surface area contributed by atoms with Gasteiger partial charge in [0.15, 0.2) is 5.65 Å². The van der Waals surface area contributed by atoms with Crippen molar-refractivity contribution in [3.63, 3.8) is 0 Å². The highest BCUT2D eigenvalue weighted by atomic mass is 19.1. The first-order valence-electron chi connectivity index (χ1n) is 12.1. The van der Waals surface area contributed by atoms with Crippen LogP contribution in [0, 0.1) is 5.82 Å². The van der Waals surface area contributed by atoms with Crippen LogP contribution in [0.3, 0.4) is 0 Å². The molecule has 0 aliphatic heterocycles. The number of anilines is 1. The van der Waals surface area contributed by atoms with Gasteiger partial charge in [0.05, 0.1) is 29.8 Å². The first kappa shape index (κ1) is 23.5. The lowest BCUT2D eigenvalue weighted by Crippen LogP contribution is -2.27. The second-order valence-electron chi connectivity index (χ2n) is 9.40. The molecule has 3 N–H and O–H groups in total. The molecule has 0 spiro atoms. The van der Waals surface area contributed by atoms with Gasteiger partial charge in [-0.05, 0) is 61.6 Å². The molecule has 4 aromatic heterocycles. The number of carbonyl (C=O) groups is 1. The van der Waals surface area contributed by atoms with Crippen LogP contribution < -0.4 is 5.32 Å². The molecular weight excluding hydrogens is 481 g/mol. The Hall–Kier alpha value is -4.89. The second kappa shape index (κ2) is 9.53. The van der Waals surface area contributed by atoms with E-state index in [1.54, 1.807) is 29.6 Å². The number of pyridine rings is 2. The molecule has 6 aromatic rings. The van der Waals surface area contributed by atoms with Gasteiger partial charge < -0.3 is 15.2 Å². The minimum Gasteiger partial charge on any atom is -0.353 e. The van der Waals surface area contributed by atoms with Crippen LogP contribution >= 0.6 is 0 Å². The number of halogens is 1. The molecule has 0 bridgehead atoms. The van der Waals surface area contributed by atoms with Gasteiger partial charge in [-0.2, -0.15) is 5.10 Å². The van der Waals surface area contributed by atoms with Crippen LogP contribution in [0.2, 0.25) is 0 Å². The Balaban J connectivity index is 1.38. The summed E-state index contributed by atoms with van der Waals surface area (Å²) in [7, 11) is 3.68. The molecule has 2 aromatic carbocycles. The maximum atomic E-state index is 13.9. The summed E-state index contributed by atoms with van der Waals surface area (Å²) in [5, 5.41) is 12.2. The monoisotopic (exact) mass is 505 g/mol. The normalized spacial score (nSPS) is 11.5. The molecule has 0 fully saturated rings. The van der Waals surface area contributed by atoms with Gasteiger partial charge in [0.1, 0.15) is 5.82 Å². The Morgan fingerprint density at radius 2 is 1.79 bits per heavy atom. The molecule has 8 nitrogen and oxygen atoms in total. The Kier molecular flexibility index (Phi) is 5.89. The first-order chi connectivity index (χ1) is 18.4. The Bertz CT molecular complexity index is 1800. The van der Waals surface area contributed by atoms with Crippen LogP contribution in [-0.2, 0) is 4.79 Å². The number of rotatable bonds is 6. The van der Waals surface area contributed by atoms with Crippen LogP contribution in [0.1, 0.15) is 0 Å². The van der Waals surface area contributed by atoms with E-state index in [1.807, 2.05) is 56.6 Å². The lowest BCUT2D eigenvalue weighted by Gasteiger charge is -2.10. The van der Waals surface area contributed by atoms with E-state index < -0.39 is 0 Å². The highest BCUT2D eigenvalue weighted by molar-refractivity contribution is 6.01. The number of nitrogens with one attached hydrogen (secondary N) is 3. The number of amides is 1. The molecule has 0 unspecified atom stereocenters. The third kappa shape index (κ3) is 4.51. The maximum Gasteiger partial charge on any atom is 0.238 e. The first-order valence-corrected chi connectivity index (χ1v) is 12.1. The lowest BCUT2D eigenvalue weighted by atomic mass is 10.0. The molecule has 0 saturated carbocycles. The van der Waals surface area contributed by atoms with Crippen molar-refractivity contribution in [2.45, 2.75) is 0 Å². The number of H-pyrrole nitrogens is 2. The third-order valence-electron chi connectivity index (χ3n) is 6.29. The van der Waals surface area contributed by atoms with Crippen molar-refractivity contribution >= 4 is 33.5 Å². The molecule has 0 aliphatic rings. The third-order valence-corrected chi connectivity index (χ3v) is 6.29. The molecule has 0 saturated heterocycles. The van der Waals surface area contributed by atoms with Crippen molar-refractivity contribution in [2.24, 2.45) is 0 Å². The van der Waals surface area contributed by atoms with Crippen molar-refractivity contribution < 1.29 is 9.18 Å². The van der Waals surface area contributed by atoms with Gasteiger partial charge in [-0.25, -0.2) is 9.37 Å². The van der Waals surface area contributed by atoms with Crippen LogP contribution in [0.4, 0.5) is 10.1 Å². The number of hydrogen-bond acceptors (Lipinski definition) is 5. The quantitative estimate of drug-likeness (QED) is 0.278. The van der Waals surface area contributed by atoms with E-state index in [0.717, 1.165) is 49.9 Å². The predicted octanol–water partition coefficient (Wildman–Crippen LogP) is 5.47. The summed E-state index contributed by atoms with van der Waals surface area (Å²) in [4.78, 5) is 26.3. The molecule has 0 atom stereocenters. The molecule has 0 aliphatic carbocycles. The smallest absolute Gasteiger partial charge is 0.238 e. The average molecular weight is 506 g/mol. The molecule has 6 rings (SSSR count). The highest BCUT2D eigenvalue weighted by Crippen LogP contribution is 2.35. The fourth-order valence-corrected chi connectivity index (χ4v) is 4.61. The number of aromatic nitrogens is 5. The topological polar surface area (TPSA) is 103 Å². The summed E-state index contributed by atoms with van der Waals surface area (Å²) >= 11 is 0. The summed E-state index contributed by atoms with van der Waals surface area (Å²) in [5.41, 5.74) is 7.16. The average Bonchev–Trinajstić information content (AvgIpc) is 3.52. The summed E-state index contributed by atoms with van der Waals surface area (Å²) in [6, 6.07) is 18.4. The zero-order valence-electron chi connectivity index (χ0n) is 20.8. The molecule has 0 radical (unpaired) electrons. The summed E-state index contributed by atoms with van der Waals surface area (Å²) in [6.07, 6.45) is 5.09. The number of carbonyl (C=O) groups excluding carboxylic acids is 1. The Labute approximate surface area is 217 Å². The standard InChI is InChI=1S/C29H24FN7O/c1-37(2)16-27(38)33-21-10-18(13-31-15-21)19-11-24-28(35-36-29(24)32-14-19)26-12-23-22(7-4-8-25(23)34-26)17-5-3-6-20(30)9-17/h3-15,34H,16H2,1-2H3,(H,33,38)(H,32,35,36). The van der Waals surface area contributed by atoms with Gasteiger partial charge in [-0.1, -0.05) is 24.3 Å². The zero-order chi connectivity index (χ0) is 26.2. The molecule has 4 heterocycles. The van der Waals surface area contributed by atoms with Crippen LogP contribution in [0.15, 0.2) is 79.3 Å². The summed E-state index contributed by atoms with van der Waals surface area (Å²) in [5.74, 6) is -0.389. The van der Waals surface area contributed by atoms with Crippen molar-refractivity contribution in [3.8, 4) is 33.6 Å². The molecule has 38 heavy (non-hydrogen) atoms. The van der Waals surface area contributed by atoms with E-state index in [-0.39, 0.29) is 18.3 Å². The maximum absolute atomic E-state index is 13.9. The van der Waals surface area contributed by atoms with Gasteiger partial charge in [-0.3, -0.25) is 14.9 Å². The zero-order valence-corrected chi connectivity index (χ0v) is 20.8. The molecule has 9 heteroatoms. The van der Waals surface area contributed by atoms with E-state index in [4.69, 9.17) is 0 Å². The summed E-state index contributed by atoms with van der Waals surface area (Å²) < 4.78 is 13.9. The minimum atomic E-state index is -0.274. The fraction of sp³-hybridized carbons (Fsp3) is 0.103. The van der Waals surface area contributed by atoms with Gasteiger partial charge >= 0.3 is 0 Å². The van der Waals surface area contributed by atoms with Crippen molar-refractivity contribution in [3.05, 3.63) is 85.1 Å². The molecule has 188 valence electrons. The van der Waals surface area contributed by atoms with Crippen molar-refractivity contribution in [1.29, 1.82) is 0 Å². The van der Waals surface area contributed by atoms with Crippen LogP contribution in [0.5, 0.6) is 0 Å². The van der Waals surface area contributed by atoms with Crippen LogP contribution in [0.25, 0.3) is 55.6 Å². The van der Waals surface area contributed by atoms with Gasteiger partial charge in [0.25, 0.3) is 0 Å². The van der Waals surface area contributed by atoms with Crippen LogP contribution in [-0.4, -0.2) is 56.6 Å². The SMILES string of the molecule is CN(C)CC(=O)Nc1cncc(-c2cnc3n[nH]c(-c4cc5c(-c6cccc(F)c6)cccc5[nH]4)c3c2)c1. The van der Waals surface area contributed by atoms with E-state index in [9.17, 15) is 9.18 Å². The minimum absolute atomic E-state index is 0.115. The van der Waals surface area contributed by atoms with Gasteiger partial charge in [0, 0.05) is 39.8 Å². The number of aromatic amines is 2. The highest BCUT2D eigenvalue weighted by Gasteiger charge is 2.15. The number of fused-ring (bicyclic) bond motifs is 2. The van der Waals surface area contributed by atoms with E-state index in [1.165, 1.54) is 12.1 Å². The Morgan fingerprint density at radius 3 is 2.63 bits per heavy atom. The van der Waals surface area contributed by atoms with Crippen molar-refractivity contribution in [1.82, 2.24) is 30.0 Å². The Morgan fingerprint density at radius 1 is 0.947 bits per heavy atom. The largest absolute Gasteiger partial charge is 0.353 e. The summed E-state index contributed by atoms with van der Waals surface area (Å²) in [6.45, 7) is 0.279.